The first-order chi connectivity index (χ1) is 5.72. The van der Waals surface area contributed by atoms with Gasteiger partial charge in [-0.1, -0.05) is 0 Å². The average molecular weight is 296 g/mol. The number of carbonyl (C=O) groups excluding carboxylic acids is 1. The fourth-order valence-electron chi connectivity index (χ4n) is 0.728. The molecule has 0 atom stereocenters. The highest BCUT2D eigenvalue weighted by Gasteiger charge is 1.98. The molecule has 1 aromatic rings. The Morgan fingerprint density at radius 3 is 2.50 bits per heavy atom. The Morgan fingerprint density at radius 2 is 2.00 bits per heavy atom. The van der Waals surface area contributed by atoms with E-state index in [1.165, 1.54) is 0 Å². The summed E-state index contributed by atoms with van der Waals surface area (Å²) in [5.41, 5.74) is 0.779. The highest BCUT2D eigenvalue weighted by Crippen LogP contribution is 2.10. The molecule has 0 aliphatic rings. The van der Waals surface area contributed by atoms with Gasteiger partial charge in [-0.05, 0) is 46.9 Å². The second kappa shape index (κ2) is 4.67. The summed E-state index contributed by atoms with van der Waals surface area (Å²) in [5, 5.41) is 2.64. The lowest BCUT2D eigenvalue weighted by atomic mass is 10.3. The molecule has 4 heteroatoms. The predicted molar refractivity (Wildman–Crippen MR) is 58.5 cm³/mol. The fraction of sp³-hybridized carbons (Fsp3) is 0.125. The van der Waals surface area contributed by atoms with Crippen LogP contribution in [0.15, 0.2) is 24.3 Å². The zero-order chi connectivity index (χ0) is 8.97. The van der Waals surface area contributed by atoms with Gasteiger partial charge < -0.3 is 5.32 Å². The van der Waals surface area contributed by atoms with E-state index < -0.39 is 0 Å². The van der Waals surface area contributed by atoms with Gasteiger partial charge in [0.1, 0.15) is 5.88 Å². The summed E-state index contributed by atoms with van der Waals surface area (Å²) < 4.78 is 1.14. The van der Waals surface area contributed by atoms with E-state index in [4.69, 9.17) is 11.6 Å². The summed E-state index contributed by atoms with van der Waals surface area (Å²) in [6, 6.07) is 7.52. The van der Waals surface area contributed by atoms with E-state index in [9.17, 15) is 4.79 Å². The molecule has 0 bridgehead atoms. The van der Waals surface area contributed by atoms with Crippen molar-refractivity contribution in [1.29, 1.82) is 0 Å². The van der Waals surface area contributed by atoms with E-state index in [1.807, 2.05) is 24.3 Å². The number of nitrogens with one attached hydrogen (secondary N) is 1. The van der Waals surface area contributed by atoms with Crippen molar-refractivity contribution < 1.29 is 4.79 Å². The van der Waals surface area contributed by atoms with E-state index in [1.54, 1.807) is 0 Å². The molecule has 2 nitrogen and oxygen atoms in total. The van der Waals surface area contributed by atoms with E-state index in [0.29, 0.717) is 0 Å². The number of hydrogen-bond donors (Lipinski definition) is 1. The van der Waals surface area contributed by atoms with E-state index in [2.05, 4.69) is 27.9 Å². The number of carbonyl (C=O) groups is 1. The Morgan fingerprint density at radius 1 is 1.42 bits per heavy atom. The molecule has 1 aromatic carbocycles. The predicted octanol–water partition coefficient (Wildman–Crippen LogP) is 2.47. The molecule has 0 aliphatic heterocycles. The van der Waals surface area contributed by atoms with Crippen LogP contribution in [0.2, 0.25) is 0 Å². The Balaban J connectivity index is 2.64. The van der Waals surface area contributed by atoms with Crippen LogP contribution in [0.5, 0.6) is 0 Å². The van der Waals surface area contributed by atoms with Crippen LogP contribution >= 0.6 is 34.2 Å². The highest BCUT2D eigenvalue weighted by molar-refractivity contribution is 14.1. The molecule has 0 unspecified atom stereocenters. The van der Waals surface area contributed by atoms with Gasteiger partial charge in [0.05, 0.1) is 0 Å². The minimum absolute atomic E-state index is 0.00795. The van der Waals surface area contributed by atoms with Crippen LogP contribution in [0.4, 0.5) is 5.69 Å². The van der Waals surface area contributed by atoms with Gasteiger partial charge in [0.2, 0.25) is 5.91 Å². The molecular formula is C8H7ClINO. The molecule has 64 valence electrons. The molecule has 0 radical (unpaired) electrons. The van der Waals surface area contributed by atoms with Crippen LogP contribution in [0.1, 0.15) is 0 Å². The molecule has 0 saturated heterocycles. The van der Waals surface area contributed by atoms with Crippen molar-refractivity contribution in [1.82, 2.24) is 0 Å². The van der Waals surface area contributed by atoms with Crippen LogP contribution in [0.3, 0.4) is 0 Å². The third-order valence-corrected chi connectivity index (χ3v) is 2.21. The number of anilines is 1. The van der Waals surface area contributed by atoms with E-state index in [-0.39, 0.29) is 11.8 Å². The maximum atomic E-state index is 10.8. The summed E-state index contributed by atoms with van der Waals surface area (Å²) in [4.78, 5) is 10.8. The molecule has 0 heterocycles. The molecule has 0 aliphatic carbocycles. The first-order valence-corrected chi connectivity index (χ1v) is 4.95. The number of halogens is 2. The maximum absolute atomic E-state index is 10.8. The largest absolute Gasteiger partial charge is 0.325 e. The summed E-state index contributed by atoms with van der Waals surface area (Å²) >= 11 is 7.52. The average Bonchev–Trinajstić information content (AvgIpc) is 2.09. The number of rotatable bonds is 2. The highest BCUT2D eigenvalue weighted by atomic mass is 127. The van der Waals surface area contributed by atoms with Gasteiger partial charge in [-0.25, -0.2) is 0 Å². The normalized spacial score (nSPS) is 9.50. The van der Waals surface area contributed by atoms with Gasteiger partial charge in [0.15, 0.2) is 0 Å². The fourth-order valence-corrected chi connectivity index (χ4v) is 1.15. The van der Waals surface area contributed by atoms with Crippen molar-refractivity contribution >= 4 is 45.8 Å². The molecule has 0 saturated carbocycles. The molecule has 12 heavy (non-hydrogen) atoms. The second-order valence-electron chi connectivity index (χ2n) is 2.19. The van der Waals surface area contributed by atoms with Crippen LogP contribution in [0.25, 0.3) is 0 Å². The summed E-state index contributed by atoms with van der Waals surface area (Å²) in [6.45, 7) is 0. The third kappa shape index (κ3) is 2.98. The molecule has 0 aromatic heterocycles. The van der Waals surface area contributed by atoms with Crippen molar-refractivity contribution in [2.24, 2.45) is 0 Å². The zero-order valence-corrected chi connectivity index (χ0v) is 9.09. The minimum Gasteiger partial charge on any atom is -0.325 e. The minimum atomic E-state index is -0.183. The SMILES string of the molecule is O=C(CCl)Nc1ccc(I)cc1. The first-order valence-electron chi connectivity index (χ1n) is 3.34. The van der Waals surface area contributed by atoms with Crippen LogP contribution in [-0.4, -0.2) is 11.8 Å². The number of amides is 1. The lowest BCUT2D eigenvalue weighted by Gasteiger charge is -2.01. The number of benzene rings is 1. The lowest BCUT2D eigenvalue weighted by Crippen LogP contribution is -2.12. The molecule has 1 N–H and O–H groups in total. The van der Waals surface area contributed by atoms with Crippen molar-refractivity contribution in [3.63, 3.8) is 0 Å². The van der Waals surface area contributed by atoms with Crippen molar-refractivity contribution in [3.05, 3.63) is 27.8 Å². The van der Waals surface area contributed by atoms with Gasteiger partial charge >= 0.3 is 0 Å². The standard InChI is InChI=1S/C8H7ClINO/c9-5-8(12)11-7-3-1-6(10)2-4-7/h1-4H,5H2,(H,11,12). The van der Waals surface area contributed by atoms with Gasteiger partial charge in [-0.2, -0.15) is 0 Å². The smallest absolute Gasteiger partial charge is 0.239 e. The van der Waals surface area contributed by atoms with Crippen molar-refractivity contribution in [3.8, 4) is 0 Å². The Kier molecular flexibility index (Phi) is 3.81. The van der Waals surface area contributed by atoms with Gasteiger partial charge in [0, 0.05) is 9.26 Å². The molecular weight excluding hydrogens is 288 g/mol. The topological polar surface area (TPSA) is 29.1 Å². The Labute approximate surface area is 89.4 Å². The van der Waals surface area contributed by atoms with Gasteiger partial charge in [-0.15, -0.1) is 11.6 Å². The maximum Gasteiger partial charge on any atom is 0.239 e. The first kappa shape index (κ1) is 9.80. The lowest BCUT2D eigenvalue weighted by molar-refractivity contribution is -0.113. The van der Waals surface area contributed by atoms with Gasteiger partial charge in [0.25, 0.3) is 0 Å². The summed E-state index contributed by atoms with van der Waals surface area (Å²) in [5.74, 6) is -0.190. The van der Waals surface area contributed by atoms with Gasteiger partial charge in [-0.3, -0.25) is 4.79 Å². The second-order valence-corrected chi connectivity index (χ2v) is 3.70. The molecule has 1 rings (SSSR count). The van der Waals surface area contributed by atoms with Crippen LogP contribution in [-0.2, 0) is 4.79 Å². The zero-order valence-electron chi connectivity index (χ0n) is 6.18. The van der Waals surface area contributed by atoms with E-state index in [0.717, 1.165) is 9.26 Å². The summed E-state index contributed by atoms with van der Waals surface area (Å²) in [7, 11) is 0. The number of alkyl halides is 1. The quantitative estimate of drug-likeness (QED) is 0.659. The van der Waals surface area contributed by atoms with Crippen molar-refractivity contribution in [2.45, 2.75) is 0 Å². The monoisotopic (exact) mass is 295 g/mol. The molecule has 1 amide bonds. The number of hydrogen-bond acceptors (Lipinski definition) is 1. The van der Waals surface area contributed by atoms with Crippen LogP contribution < -0.4 is 5.32 Å². The Bertz CT molecular complexity index is 273. The van der Waals surface area contributed by atoms with E-state index >= 15 is 0 Å². The molecule has 0 spiro atoms. The Hall–Kier alpha value is -0.290. The molecule has 0 fully saturated rings. The van der Waals surface area contributed by atoms with Crippen molar-refractivity contribution in [2.75, 3.05) is 11.2 Å². The third-order valence-electron chi connectivity index (χ3n) is 1.25. The van der Waals surface area contributed by atoms with Crippen LogP contribution in [0, 0.1) is 3.57 Å². The summed E-state index contributed by atoms with van der Waals surface area (Å²) in [6.07, 6.45) is 0.